The summed E-state index contributed by atoms with van der Waals surface area (Å²) in [5, 5.41) is 8.21. The lowest BCUT2D eigenvalue weighted by Crippen LogP contribution is -1.86. The van der Waals surface area contributed by atoms with Gasteiger partial charge in [-0.15, -0.1) is 0 Å². The Kier molecular flexibility index (Phi) is 2.51. The molecule has 7 heavy (non-hydrogen) atoms. The van der Waals surface area contributed by atoms with Crippen LogP contribution in [-0.2, 0) is 9.09 Å². The average Bonchev–Trinajstić information content (AvgIpc) is 1.68. The molecular formula is C3H9O3P. The van der Waals surface area contributed by atoms with Gasteiger partial charge in [0, 0.05) is 13.8 Å². The monoisotopic (exact) mass is 124 g/mol. The smallest absolute Gasteiger partial charge is 0.224 e. The Hall–Kier alpha value is 0.150. The van der Waals surface area contributed by atoms with Gasteiger partial charge >= 0.3 is 0 Å². The Balaban J connectivity index is 3.61. The first-order valence-electron chi connectivity index (χ1n) is 1.85. The van der Waals surface area contributed by atoms with Crippen LogP contribution in [-0.4, -0.2) is 25.2 Å². The Morgan fingerprint density at radius 1 is 1.86 bits per heavy atom. The summed E-state index contributed by atoms with van der Waals surface area (Å²) >= 11 is 0. The minimum Gasteiger partial charge on any atom is -0.386 e. The molecule has 0 rings (SSSR count). The number of rotatable bonds is 2. The van der Waals surface area contributed by atoms with Crippen molar-refractivity contribution in [1.29, 1.82) is 0 Å². The van der Waals surface area contributed by atoms with Crippen LogP contribution in [0.2, 0.25) is 0 Å². The van der Waals surface area contributed by atoms with Crippen LogP contribution in [0.1, 0.15) is 0 Å². The summed E-state index contributed by atoms with van der Waals surface area (Å²) in [6.45, 7) is 1.38. The van der Waals surface area contributed by atoms with E-state index in [1.807, 2.05) is 0 Å². The number of aliphatic hydroxyl groups excluding tert-OH is 1. The van der Waals surface area contributed by atoms with E-state index in [1.54, 1.807) is 0 Å². The van der Waals surface area contributed by atoms with E-state index in [-0.39, 0.29) is 6.35 Å². The van der Waals surface area contributed by atoms with Gasteiger partial charge in [-0.25, -0.2) is 0 Å². The van der Waals surface area contributed by atoms with Crippen LogP contribution >= 0.6 is 7.37 Å². The van der Waals surface area contributed by atoms with E-state index in [0.29, 0.717) is 0 Å². The van der Waals surface area contributed by atoms with E-state index in [4.69, 9.17) is 5.11 Å². The van der Waals surface area contributed by atoms with Crippen molar-refractivity contribution in [2.45, 2.75) is 0 Å². The fourth-order valence-electron chi connectivity index (χ4n) is 0.0577. The van der Waals surface area contributed by atoms with Gasteiger partial charge < -0.3 is 9.63 Å². The van der Waals surface area contributed by atoms with Crippen LogP contribution in [0.5, 0.6) is 0 Å². The first kappa shape index (κ1) is 7.15. The van der Waals surface area contributed by atoms with Crippen molar-refractivity contribution in [3.05, 3.63) is 0 Å². The molecule has 44 valence electrons. The zero-order valence-corrected chi connectivity index (χ0v) is 5.31. The highest BCUT2D eigenvalue weighted by molar-refractivity contribution is 7.57. The molecule has 3 nitrogen and oxygen atoms in total. The standard InChI is InChI=1S/C3H9O3P/c1-6-7(2,5)3-4/h4H,3H2,1-2H3. The summed E-state index contributed by atoms with van der Waals surface area (Å²) < 4.78 is 14.9. The third kappa shape index (κ3) is 2.80. The molecule has 0 aliphatic rings. The summed E-state index contributed by atoms with van der Waals surface area (Å²) in [6.07, 6.45) is -0.372. The molecule has 0 spiro atoms. The van der Waals surface area contributed by atoms with Gasteiger partial charge in [0.1, 0.15) is 6.35 Å². The van der Waals surface area contributed by atoms with Crippen molar-refractivity contribution in [1.82, 2.24) is 0 Å². The van der Waals surface area contributed by atoms with E-state index < -0.39 is 7.37 Å². The molecule has 0 fully saturated rings. The zero-order valence-electron chi connectivity index (χ0n) is 4.42. The van der Waals surface area contributed by atoms with E-state index in [2.05, 4.69) is 4.52 Å². The molecule has 0 bridgehead atoms. The Labute approximate surface area is 42.8 Å². The van der Waals surface area contributed by atoms with E-state index in [1.165, 1.54) is 13.8 Å². The third-order valence-corrected chi connectivity index (χ3v) is 1.93. The third-order valence-electron chi connectivity index (χ3n) is 0.643. The topological polar surface area (TPSA) is 46.5 Å². The van der Waals surface area contributed by atoms with Crippen LogP contribution in [0.3, 0.4) is 0 Å². The van der Waals surface area contributed by atoms with Gasteiger partial charge in [0.15, 0.2) is 0 Å². The first-order valence-corrected chi connectivity index (χ1v) is 4.11. The van der Waals surface area contributed by atoms with Gasteiger partial charge in [0.25, 0.3) is 0 Å². The molecule has 0 aromatic heterocycles. The highest BCUT2D eigenvalue weighted by Gasteiger charge is 2.08. The SMILES string of the molecule is COP(C)(=O)CO. The van der Waals surface area contributed by atoms with E-state index in [9.17, 15) is 4.57 Å². The van der Waals surface area contributed by atoms with Gasteiger partial charge in [0.05, 0.1) is 0 Å². The molecule has 0 heterocycles. The summed E-state index contributed by atoms with van der Waals surface area (Å²) in [5.74, 6) is 0. The van der Waals surface area contributed by atoms with Crippen LogP contribution in [0.25, 0.3) is 0 Å². The number of hydrogen-bond acceptors (Lipinski definition) is 3. The summed E-state index contributed by atoms with van der Waals surface area (Å²) in [4.78, 5) is 0. The van der Waals surface area contributed by atoms with Crippen molar-refractivity contribution in [3.8, 4) is 0 Å². The fourth-order valence-corrected chi connectivity index (χ4v) is 0.173. The molecule has 1 N–H and O–H groups in total. The number of hydrogen-bond donors (Lipinski definition) is 1. The van der Waals surface area contributed by atoms with Crippen molar-refractivity contribution >= 4 is 7.37 Å². The highest BCUT2D eigenvalue weighted by atomic mass is 31.2. The molecule has 0 radical (unpaired) electrons. The van der Waals surface area contributed by atoms with Gasteiger partial charge in [-0.3, -0.25) is 4.57 Å². The molecule has 0 aliphatic heterocycles. The van der Waals surface area contributed by atoms with Gasteiger partial charge in [-0.1, -0.05) is 0 Å². The molecule has 1 atom stereocenters. The molecular weight excluding hydrogens is 115 g/mol. The highest BCUT2D eigenvalue weighted by Crippen LogP contribution is 2.39. The minimum absolute atomic E-state index is 0.372. The summed E-state index contributed by atoms with van der Waals surface area (Å²) in [6, 6.07) is 0. The molecule has 0 aromatic carbocycles. The Bertz CT molecular complexity index is 82.2. The molecule has 0 saturated carbocycles. The van der Waals surface area contributed by atoms with Gasteiger partial charge in [0.2, 0.25) is 7.37 Å². The maximum atomic E-state index is 10.5. The van der Waals surface area contributed by atoms with Gasteiger partial charge in [-0.2, -0.15) is 0 Å². The fraction of sp³-hybridized carbons (Fsp3) is 1.00. The predicted octanol–water partition coefficient (Wildman–Crippen LogP) is 0.490. The predicted molar refractivity (Wildman–Crippen MR) is 27.6 cm³/mol. The first-order chi connectivity index (χ1) is 3.12. The van der Waals surface area contributed by atoms with E-state index >= 15 is 0 Å². The lowest BCUT2D eigenvalue weighted by atomic mass is 11.7. The lowest BCUT2D eigenvalue weighted by molar-refractivity contribution is 0.314. The summed E-state index contributed by atoms with van der Waals surface area (Å²) in [7, 11) is -1.28. The maximum absolute atomic E-state index is 10.5. The second-order valence-electron chi connectivity index (χ2n) is 1.34. The lowest BCUT2D eigenvalue weighted by Gasteiger charge is -2.03. The van der Waals surface area contributed by atoms with E-state index in [0.717, 1.165) is 0 Å². The minimum atomic E-state index is -2.60. The van der Waals surface area contributed by atoms with Gasteiger partial charge in [-0.05, 0) is 0 Å². The quantitative estimate of drug-likeness (QED) is 0.545. The van der Waals surface area contributed by atoms with Crippen LogP contribution in [0.4, 0.5) is 0 Å². The molecule has 0 aromatic rings. The molecule has 0 saturated heterocycles. The van der Waals surface area contributed by atoms with Crippen molar-refractivity contribution in [3.63, 3.8) is 0 Å². The second-order valence-corrected chi connectivity index (χ2v) is 4.01. The molecule has 1 unspecified atom stereocenters. The van der Waals surface area contributed by atoms with Crippen LogP contribution in [0.15, 0.2) is 0 Å². The molecule has 0 aliphatic carbocycles. The maximum Gasteiger partial charge on any atom is 0.224 e. The van der Waals surface area contributed by atoms with Crippen LogP contribution in [0, 0.1) is 0 Å². The number of aliphatic hydroxyl groups is 1. The molecule has 4 heteroatoms. The Morgan fingerprint density at radius 2 is 2.29 bits per heavy atom. The van der Waals surface area contributed by atoms with Crippen LogP contribution < -0.4 is 0 Å². The van der Waals surface area contributed by atoms with Crippen molar-refractivity contribution in [2.75, 3.05) is 20.1 Å². The summed E-state index contributed by atoms with van der Waals surface area (Å²) in [5.41, 5.74) is 0. The largest absolute Gasteiger partial charge is 0.386 e. The second kappa shape index (κ2) is 2.46. The van der Waals surface area contributed by atoms with Crippen molar-refractivity contribution < 1.29 is 14.2 Å². The normalized spacial score (nSPS) is 18.7. The van der Waals surface area contributed by atoms with Crippen molar-refractivity contribution in [2.24, 2.45) is 0 Å². The zero-order chi connectivity index (χ0) is 5.91. The average molecular weight is 124 g/mol. The Morgan fingerprint density at radius 3 is 2.29 bits per heavy atom. The molecule has 0 amide bonds.